The highest BCUT2D eigenvalue weighted by Crippen LogP contribution is 2.43. The van der Waals surface area contributed by atoms with Crippen LogP contribution in [0.5, 0.6) is 0 Å². The Hall–Kier alpha value is -1.73. The van der Waals surface area contributed by atoms with Gasteiger partial charge in [-0.1, -0.05) is 159 Å². The van der Waals surface area contributed by atoms with Crippen LogP contribution in [-0.2, 0) is 32.7 Å². The van der Waals surface area contributed by atoms with Gasteiger partial charge >= 0.3 is 19.8 Å². The molecule has 1 N–H and O–H groups in total. The van der Waals surface area contributed by atoms with Crippen molar-refractivity contribution in [1.82, 2.24) is 0 Å². The van der Waals surface area contributed by atoms with Crippen molar-refractivity contribution < 1.29 is 37.6 Å². The Kier molecular flexibility index (Phi) is 39.6. The number of carbonyl (C=O) groups excluding carboxylic acids is 2. The van der Waals surface area contributed by atoms with Gasteiger partial charge in [-0.2, -0.15) is 0 Å². The highest BCUT2D eigenvalue weighted by Gasteiger charge is 2.25. The summed E-state index contributed by atoms with van der Waals surface area (Å²) in [6.45, 7) is 5.44. The van der Waals surface area contributed by atoms with Gasteiger partial charge < -0.3 is 14.4 Å². The summed E-state index contributed by atoms with van der Waals surface area (Å²) in [6, 6.07) is 0. The van der Waals surface area contributed by atoms with E-state index in [1.165, 1.54) is 109 Å². The summed E-state index contributed by atoms with van der Waals surface area (Å²) in [5.41, 5.74) is 0. The summed E-state index contributed by atoms with van der Waals surface area (Å²) in [6.07, 6.45) is 46.2. The second kappa shape index (κ2) is 40.9. The minimum Gasteiger partial charge on any atom is -0.462 e. The van der Waals surface area contributed by atoms with Gasteiger partial charge in [-0.15, -0.1) is 0 Å². The van der Waals surface area contributed by atoms with Crippen LogP contribution in [0.15, 0.2) is 36.5 Å². The van der Waals surface area contributed by atoms with Crippen LogP contribution in [-0.4, -0.2) is 42.8 Å². The standard InChI is InChI=1S/C45H83O8P/c1-4-7-9-11-13-15-17-19-21-22-23-24-26-28-30-32-34-36-38-40-45(47)53-43(42-52-54(48,49)51-6-3)41-50-44(46)39-37-35-33-31-29-27-25-20-18-16-14-12-10-8-5-2/h13,15,19-21,25,43H,4-12,14,16-18,22-24,26-42H2,1-3H3,(H,48,49)/b15-13-,21-19-,25-20-. The van der Waals surface area contributed by atoms with E-state index < -0.39 is 26.5 Å². The molecular weight excluding hydrogens is 699 g/mol. The predicted molar refractivity (Wildman–Crippen MR) is 226 cm³/mol. The van der Waals surface area contributed by atoms with Crippen molar-refractivity contribution in [2.45, 2.75) is 219 Å². The van der Waals surface area contributed by atoms with Gasteiger partial charge in [-0.05, 0) is 77.6 Å². The van der Waals surface area contributed by atoms with Crippen molar-refractivity contribution >= 4 is 19.8 Å². The molecule has 9 heteroatoms. The molecule has 54 heavy (non-hydrogen) atoms. The third-order valence-electron chi connectivity index (χ3n) is 9.42. The topological polar surface area (TPSA) is 108 Å². The van der Waals surface area contributed by atoms with Crippen molar-refractivity contribution in [1.29, 1.82) is 0 Å². The molecule has 0 spiro atoms. The Morgan fingerprint density at radius 1 is 0.500 bits per heavy atom. The number of ether oxygens (including phenoxy) is 2. The van der Waals surface area contributed by atoms with E-state index in [9.17, 15) is 19.0 Å². The lowest BCUT2D eigenvalue weighted by Crippen LogP contribution is -2.29. The molecule has 0 radical (unpaired) electrons. The summed E-state index contributed by atoms with van der Waals surface area (Å²) in [5.74, 6) is -0.808. The summed E-state index contributed by atoms with van der Waals surface area (Å²) in [4.78, 5) is 34.8. The second-order valence-electron chi connectivity index (χ2n) is 14.7. The maximum atomic E-state index is 12.6. The van der Waals surface area contributed by atoms with Crippen molar-refractivity contribution in [2.75, 3.05) is 19.8 Å². The lowest BCUT2D eigenvalue weighted by molar-refractivity contribution is -0.161. The molecule has 0 aliphatic heterocycles. The van der Waals surface area contributed by atoms with E-state index in [1.54, 1.807) is 6.92 Å². The molecule has 0 aromatic heterocycles. The molecule has 0 bridgehead atoms. The van der Waals surface area contributed by atoms with Crippen molar-refractivity contribution in [3.05, 3.63) is 36.5 Å². The first-order valence-electron chi connectivity index (χ1n) is 22.3. The van der Waals surface area contributed by atoms with Crippen molar-refractivity contribution in [3.8, 4) is 0 Å². The van der Waals surface area contributed by atoms with E-state index in [1.807, 2.05) is 0 Å². The first kappa shape index (κ1) is 52.3. The number of unbranched alkanes of at least 4 members (excludes halogenated alkanes) is 23. The number of carbonyl (C=O) groups is 2. The number of phosphoric ester groups is 1. The van der Waals surface area contributed by atoms with Crippen LogP contribution in [0.25, 0.3) is 0 Å². The molecule has 0 aliphatic carbocycles. The zero-order chi connectivity index (χ0) is 39.6. The van der Waals surface area contributed by atoms with Gasteiger partial charge in [-0.3, -0.25) is 18.6 Å². The number of hydrogen-bond donors (Lipinski definition) is 1. The lowest BCUT2D eigenvalue weighted by Gasteiger charge is -2.19. The first-order valence-corrected chi connectivity index (χ1v) is 23.8. The number of hydrogen-bond acceptors (Lipinski definition) is 7. The highest BCUT2D eigenvalue weighted by atomic mass is 31.2. The van der Waals surface area contributed by atoms with Gasteiger partial charge in [-0.25, -0.2) is 4.57 Å². The van der Waals surface area contributed by atoms with Gasteiger partial charge in [0.25, 0.3) is 0 Å². The molecular formula is C45H83O8P. The molecule has 316 valence electrons. The molecule has 0 saturated heterocycles. The van der Waals surface area contributed by atoms with Crippen LogP contribution >= 0.6 is 7.82 Å². The first-order chi connectivity index (χ1) is 26.3. The Morgan fingerprint density at radius 2 is 0.889 bits per heavy atom. The molecule has 8 nitrogen and oxygen atoms in total. The molecule has 2 unspecified atom stereocenters. The van der Waals surface area contributed by atoms with E-state index in [2.05, 4.69) is 50.3 Å². The van der Waals surface area contributed by atoms with Crippen molar-refractivity contribution in [2.24, 2.45) is 0 Å². The Balaban J connectivity index is 4.07. The van der Waals surface area contributed by atoms with Crippen LogP contribution in [0, 0.1) is 0 Å². The second-order valence-corrected chi connectivity index (χ2v) is 16.2. The maximum absolute atomic E-state index is 12.6. The third kappa shape index (κ3) is 39.9. The van der Waals surface area contributed by atoms with Crippen LogP contribution < -0.4 is 0 Å². The number of allylic oxidation sites excluding steroid dienone is 6. The molecule has 0 saturated carbocycles. The van der Waals surface area contributed by atoms with Gasteiger partial charge in [0.1, 0.15) is 6.61 Å². The Labute approximate surface area is 332 Å². The molecule has 0 aromatic rings. The highest BCUT2D eigenvalue weighted by molar-refractivity contribution is 7.47. The van der Waals surface area contributed by atoms with Crippen molar-refractivity contribution in [3.63, 3.8) is 0 Å². The molecule has 0 aromatic carbocycles. The monoisotopic (exact) mass is 783 g/mol. The Morgan fingerprint density at radius 3 is 1.37 bits per heavy atom. The van der Waals surface area contributed by atoms with E-state index in [-0.39, 0.29) is 32.0 Å². The van der Waals surface area contributed by atoms with Crippen LogP contribution in [0.2, 0.25) is 0 Å². The zero-order valence-electron chi connectivity index (χ0n) is 35.1. The Bertz CT molecular complexity index is 979. The molecule has 0 fully saturated rings. The molecule has 0 rings (SSSR count). The minimum absolute atomic E-state index is 0.00164. The van der Waals surface area contributed by atoms with E-state index in [0.717, 1.165) is 64.2 Å². The fraction of sp³-hybridized carbons (Fsp3) is 0.822. The van der Waals surface area contributed by atoms with Crippen LogP contribution in [0.3, 0.4) is 0 Å². The number of phosphoric acid groups is 1. The number of rotatable bonds is 41. The number of esters is 2. The van der Waals surface area contributed by atoms with E-state index in [0.29, 0.717) is 6.42 Å². The van der Waals surface area contributed by atoms with Gasteiger partial charge in [0.15, 0.2) is 6.10 Å². The molecule has 2 atom stereocenters. The zero-order valence-corrected chi connectivity index (χ0v) is 36.0. The van der Waals surface area contributed by atoms with Gasteiger partial charge in [0, 0.05) is 12.8 Å². The average molecular weight is 783 g/mol. The lowest BCUT2D eigenvalue weighted by atomic mass is 10.1. The molecule has 0 amide bonds. The summed E-state index contributed by atoms with van der Waals surface area (Å²) in [7, 11) is -4.28. The largest absolute Gasteiger partial charge is 0.472 e. The van der Waals surface area contributed by atoms with Gasteiger partial charge in [0.05, 0.1) is 13.2 Å². The third-order valence-corrected chi connectivity index (χ3v) is 10.5. The fourth-order valence-electron chi connectivity index (χ4n) is 6.12. The fourth-order valence-corrected chi connectivity index (χ4v) is 6.88. The average Bonchev–Trinajstić information content (AvgIpc) is 3.15. The quantitative estimate of drug-likeness (QED) is 0.0283. The summed E-state index contributed by atoms with van der Waals surface area (Å²) >= 11 is 0. The smallest absolute Gasteiger partial charge is 0.462 e. The van der Waals surface area contributed by atoms with Gasteiger partial charge in [0.2, 0.25) is 0 Å². The van der Waals surface area contributed by atoms with Crippen LogP contribution in [0.4, 0.5) is 0 Å². The predicted octanol–water partition coefficient (Wildman–Crippen LogP) is 14.0. The molecule has 0 heterocycles. The summed E-state index contributed by atoms with van der Waals surface area (Å²) < 4.78 is 32.7. The SMILES string of the molecule is CCCCC/C=C\C/C=C\CCCCCCCCCCCC(=O)OC(COC(=O)CCCCCCC/C=C\CCCCCCCC)COP(=O)(O)OCC. The minimum atomic E-state index is -4.28. The normalized spacial score (nSPS) is 13.6. The molecule has 0 aliphatic rings. The van der Waals surface area contributed by atoms with E-state index >= 15 is 0 Å². The van der Waals surface area contributed by atoms with Crippen LogP contribution in [0.1, 0.15) is 213 Å². The summed E-state index contributed by atoms with van der Waals surface area (Å²) in [5, 5.41) is 0. The van der Waals surface area contributed by atoms with E-state index in [4.69, 9.17) is 18.5 Å². The maximum Gasteiger partial charge on any atom is 0.472 e.